The molecule has 2 aromatic carbocycles. The largest absolute Gasteiger partial charge is 0.492 e. The molecule has 0 bridgehead atoms. The Hall–Kier alpha value is -3.59. The summed E-state index contributed by atoms with van der Waals surface area (Å²) in [7, 11) is 1.92. The highest BCUT2D eigenvalue weighted by molar-refractivity contribution is 8.15. The molecule has 1 aromatic heterocycles. The normalized spacial score (nSPS) is 15.5. The minimum Gasteiger partial charge on any atom is -0.492 e. The van der Waals surface area contributed by atoms with Crippen LogP contribution in [0.5, 0.6) is 5.75 Å². The molecule has 0 aliphatic carbocycles. The van der Waals surface area contributed by atoms with Crippen molar-refractivity contribution in [1.82, 2.24) is 15.3 Å². The van der Waals surface area contributed by atoms with E-state index in [1.807, 2.05) is 66.5 Å². The Bertz CT molecular complexity index is 1110. The Morgan fingerprint density at radius 2 is 1.84 bits per heavy atom. The molecule has 3 aromatic rings. The Kier molecular flexibility index (Phi) is 6.55. The third kappa shape index (κ3) is 5.36. The summed E-state index contributed by atoms with van der Waals surface area (Å²) >= 11 is 1.03. The van der Waals surface area contributed by atoms with Crippen LogP contribution in [-0.2, 0) is 11.2 Å². The lowest BCUT2D eigenvalue weighted by Gasteiger charge is -2.18. The first-order chi connectivity index (χ1) is 15.5. The number of ether oxygens (including phenoxy) is 1. The second kappa shape index (κ2) is 9.69. The molecule has 2 amide bonds. The van der Waals surface area contributed by atoms with Crippen molar-refractivity contribution in [3.8, 4) is 17.0 Å². The first-order valence-electron chi connectivity index (χ1n) is 10.1. The molecule has 32 heavy (non-hydrogen) atoms. The molecular formula is C23H23N5O3S. The van der Waals surface area contributed by atoms with Gasteiger partial charge in [0.15, 0.2) is 0 Å². The van der Waals surface area contributed by atoms with Gasteiger partial charge in [0.05, 0.1) is 17.5 Å². The van der Waals surface area contributed by atoms with E-state index in [1.165, 1.54) is 0 Å². The van der Waals surface area contributed by atoms with Crippen LogP contribution in [0.2, 0.25) is 0 Å². The van der Waals surface area contributed by atoms with Crippen molar-refractivity contribution in [2.75, 3.05) is 30.8 Å². The summed E-state index contributed by atoms with van der Waals surface area (Å²) in [5, 5.41) is 1.65. The van der Waals surface area contributed by atoms with Crippen LogP contribution in [0.4, 0.5) is 16.4 Å². The van der Waals surface area contributed by atoms with Gasteiger partial charge in [-0.05, 0) is 42.3 Å². The summed E-state index contributed by atoms with van der Waals surface area (Å²) in [5.41, 5.74) is 9.25. The van der Waals surface area contributed by atoms with Crippen LogP contribution in [0.1, 0.15) is 5.56 Å². The first-order valence-corrected chi connectivity index (χ1v) is 11.0. The standard InChI is InChI=1S/C23H23N5O3S/c1-28(22-25-11-10-19(26-22)16-4-6-17(24)7-5-16)12-13-31-18-8-2-15(3-9-18)14-20-21(29)27-23(30)32-20/h2-11,20H,12-14,24H2,1H3,(H,27,29,30). The van der Waals surface area contributed by atoms with Gasteiger partial charge < -0.3 is 15.4 Å². The molecule has 3 N–H and O–H groups in total. The summed E-state index contributed by atoms with van der Waals surface area (Å²) in [6.07, 6.45) is 2.24. The van der Waals surface area contributed by atoms with Gasteiger partial charge in [-0.2, -0.15) is 0 Å². The minimum absolute atomic E-state index is 0.231. The number of hydrogen-bond donors (Lipinski definition) is 2. The van der Waals surface area contributed by atoms with Crippen LogP contribution < -0.4 is 20.7 Å². The molecule has 0 saturated carbocycles. The number of nitrogens with zero attached hydrogens (tertiary/aromatic N) is 3. The number of nitrogens with two attached hydrogens (primary N) is 1. The summed E-state index contributed by atoms with van der Waals surface area (Å²) in [6.45, 7) is 1.06. The Labute approximate surface area is 190 Å². The van der Waals surface area contributed by atoms with Crippen LogP contribution in [0.25, 0.3) is 11.3 Å². The van der Waals surface area contributed by atoms with E-state index in [0.29, 0.717) is 31.2 Å². The molecule has 1 saturated heterocycles. The van der Waals surface area contributed by atoms with Gasteiger partial charge in [-0.3, -0.25) is 14.9 Å². The van der Waals surface area contributed by atoms with Crippen molar-refractivity contribution in [3.63, 3.8) is 0 Å². The number of carbonyl (C=O) groups is 2. The molecule has 1 unspecified atom stereocenters. The number of likely N-dealkylation sites (N-methyl/N-ethyl adjacent to an activating group) is 1. The number of nitrogen functional groups attached to an aromatic ring is 1. The molecule has 1 aliphatic heterocycles. The van der Waals surface area contributed by atoms with Gasteiger partial charge in [0.25, 0.3) is 5.24 Å². The molecule has 1 aliphatic rings. The average molecular weight is 450 g/mol. The smallest absolute Gasteiger partial charge is 0.286 e. The van der Waals surface area contributed by atoms with E-state index in [4.69, 9.17) is 10.5 Å². The van der Waals surface area contributed by atoms with Crippen molar-refractivity contribution >= 4 is 34.5 Å². The van der Waals surface area contributed by atoms with Crippen molar-refractivity contribution in [3.05, 3.63) is 66.4 Å². The molecule has 1 atom stereocenters. The summed E-state index contributed by atoms with van der Waals surface area (Å²) in [5.74, 6) is 1.12. The molecule has 0 radical (unpaired) electrons. The number of benzene rings is 2. The van der Waals surface area contributed by atoms with E-state index in [9.17, 15) is 9.59 Å². The maximum Gasteiger partial charge on any atom is 0.286 e. The van der Waals surface area contributed by atoms with Crippen molar-refractivity contribution in [2.45, 2.75) is 11.7 Å². The van der Waals surface area contributed by atoms with E-state index in [2.05, 4.69) is 15.3 Å². The van der Waals surface area contributed by atoms with Crippen molar-refractivity contribution in [2.24, 2.45) is 0 Å². The third-order valence-electron chi connectivity index (χ3n) is 5.00. The van der Waals surface area contributed by atoms with Crippen LogP contribution in [0.15, 0.2) is 60.8 Å². The number of anilines is 2. The fourth-order valence-corrected chi connectivity index (χ4v) is 4.07. The monoisotopic (exact) mass is 449 g/mol. The van der Waals surface area contributed by atoms with Gasteiger partial charge in [0.2, 0.25) is 11.9 Å². The number of hydrogen-bond acceptors (Lipinski definition) is 8. The molecule has 8 nitrogen and oxygen atoms in total. The van der Waals surface area contributed by atoms with Crippen LogP contribution in [0.3, 0.4) is 0 Å². The zero-order chi connectivity index (χ0) is 22.5. The lowest BCUT2D eigenvalue weighted by atomic mass is 10.1. The lowest BCUT2D eigenvalue weighted by Crippen LogP contribution is -2.25. The molecule has 164 valence electrons. The SMILES string of the molecule is CN(CCOc1ccc(CC2SC(=O)NC2=O)cc1)c1nccc(-c2ccc(N)cc2)n1. The first kappa shape index (κ1) is 21.6. The summed E-state index contributed by atoms with van der Waals surface area (Å²) in [6, 6.07) is 17.0. The highest BCUT2D eigenvalue weighted by atomic mass is 32.2. The Morgan fingerprint density at radius 1 is 1.09 bits per heavy atom. The fourth-order valence-electron chi connectivity index (χ4n) is 3.21. The average Bonchev–Trinajstić information content (AvgIpc) is 3.12. The number of imide groups is 1. The van der Waals surface area contributed by atoms with Gasteiger partial charge in [0, 0.05) is 24.5 Å². The van der Waals surface area contributed by atoms with E-state index < -0.39 is 0 Å². The topological polar surface area (TPSA) is 110 Å². The number of carbonyl (C=O) groups excluding carboxylic acids is 2. The molecule has 4 rings (SSSR count). The fraction of sp³-hybridized carbons (Fsp3) is 0.217. The molecule has 2 heterocycles. The second-order valence-electron chi connectivity index (χ2n) is 7.37. The van der Waals surface area contributed by atoms with Gasteiger partial charge in [-0.1, -0.05) is 36.0 Å². The Morgan fingerprint density at radius 3 is 2.53 bits per heavy atom. The highest BCUT2D eigenvalue weighted by Crippen LogP contribution is 2.24. The van der Waals surface area contributed by atoms with Crippen molar-refractivity contribution in [1.29, 1.82) is 0 Å². The van der Waals surface area contributed by atoms with E-state index >= 15 is 0 Å². The van der Waals surface area contributed by atoms with Crippen molar-refractivity contribution < 1.29 is 14.3 Å². The van der Waals surface area contributed by atoms with Gasteiger partial charge >= 0.3 is 0 Å². The zero-order valence-corrected chi connectivity index (χ0v) is 18.3. The van der Waals surface area contributed by atoms with E-state index in [1.54, 1.807) is 6.20 Å². The van der Waals surface area contributed by atoms with Gasteiger partial charge in [-0.25, -0.2) is 9.97 Å². The predicted octanol–water partition coefficient (Wildman–Crippen LogP) is 3.14. The molecule has 0 spiro atoms. The number of rotatable bonds is 8. The van der Waals surface area contributed by atoms with Crippen LogP contribution in [-0.4, -0.2) is 46.6 Å². The van der Waals surface area contributed by atoms with Gasteiger partial charge in [-0.15, -0.1) is 0 Å². The highest BCUT2D eigenvalue weighted by Gasteiger charge is 2.31. The van der Waals surface area contributed by atoms with E-state index in [0.717, 1.165) is 34.3 Å². The number of thioether (sulfide) groups is 1. The van der Waals surface area contributed by atoms with Crippen LogP contribution >= 0.6 is 11.8 Å². The minimum atomic E-state index is -0.369. The van der Waals surface area contributed by atoms with Crippen LogP contribution in [0, 0.1) is 0 Å². The molecule has 9 heteroatoms. The Balaban J connectivity index is 1.29. The quantitative estimate of drug-likeness (QED) is 0.505. The second-order valence-corrected chi connectivity index (χ2v) is 8.54. The summed E-state index contributed by atoms with van der Waals surface area (Å²) in [4.78, 5) is 33.9. The molecular weight excluding hydrogens is 426 g/mol. The zero-order valence-electron chi connectivity index (χ0n) is 17.5. The summed E-state index contributed by atoms with van der Waals surface area (Å²) < 4.78 is 5.84. The maximum absolute atomic E-state index is 11.7. The third-order valence-corrected chi connectivity index (χ3v) is 5.98. The maximum atomic E-state index is 11.7. The molecule has 1 fully saturated rings. The number of nitrogens with one attached hydrogen (secondary N) is 1. The van der Waals surface area contributed by atoms with Gasteiger partial charge in [0.1, 0.15) is 12.4 Å². The number of aromatic nitrogens is 2. The number of amides is 2. The van der Waals surface area contributed by atoms with E-state index in [-0.39, 0.29) is 16.4 Å². The lowest BCUT2D eigenvalue weighted by molar-refractivity contribution is -0.118. The predicted molar refractivity (Wildman–Crippen MR) is 126 cm³/mol.